The SMILES string of the molecule is CCC(C)(CCO)NCCOc1ccc(C(=O)O)cc1. The molecule has 0 saturated heterocycles. The Kier molecular flexibility index (Phi) is 6.48. The summed E-state index contributed by atoms with van der Waals surface area (Å²) in [5.41, 5.74) is 0.169. The molecular weight excluding hydrogens is 258 g/mol. The van der Waals surface area contributed by atoms with Crippen LogP contribution in [0.4, 0.5) is 0 Å². The summed E-state index contributed by atoms with van der Waals surface area (Å²) in [5, 5.41) is 21.2. The van der Waals surface area contributed by atoms with Crippen molar-refractivity contribution in [2.45, 2.75) is 32.2 Å². The minimum absolute atomic E-state index is 0.0781. The minimum Gasteiger partial charge on any atom is -0.492 e. The lowest BCUT2D eigenvalue weighted by atomic mass is 9.95. The van der Waals surface area contributed by atoms with Crippen molar-refractivity contribution in [1.82, 2.24) is 5.32 Å². The van der Waals surface area contributed by atoms with Crippen molar-refractivity contribution < 1.29 is 19.7 Å². The number of ether oxygens (including phenoxy) is 1. The average Bonchev–Trinajstić information content (AvgIpc) is 2.44. The van der Waals surface area contributed by atoms with Crippen LogP contribution in [0.5, 0.6) is 5.75 Å². The predicted octanol–water partition coefficient (Wildman–Crippen LogP) is 1.90. The third-order valence-corrected chi connectivity index (χ3v) is 3.47. The lowest BCUT2D eigenvalue weighted by Crippen LogP contribution is -2.44. The number of carbonyl (C=O) groups is 1. The molecule has 0 aromatic heterocycles. The maximum absolute atomic E-state index is 10.7. The minimum atomic E-state index is -0.944. The van der Waals surface area contributed by atoms with E-state index in [-0.39, 0.29) is 17.7 Å². The van der Waals surface area contributed by atoms with Gasteiger partial charge in [-0.1, -0.05) is 6.92 Å². The quantitative estimate of drug-likeness (QED) is 0.603. The first-order chi connectivity index (χ1) is 9.50. The summed E-state index contributed by atoms with van der Waals surface area (Å²) in [6.45, 7) is 5.48. The van der Waals surface area contributed by atoms with E-state index in [1.54, 1.807) is 12.1 Å². The Bertz CT molecular complexity index is 418. The number of aliphatic hydroxyl groups is 1. The van der Waals surface area contributed by atoms with Gasteiger partial charge in [0.1, 0.15) is 12.4 Å². The van der Waals surface area contributed by atoms with Crippen LogP contribution < -0.4 is 10.1 Å². The highest BCUT2D eigenvalue weighted by Crippen LogP contribution is 2.14. The molecule has 20 heavy (non-hydrogen) atoms. The molecule has 1 unspecified atom stereocenters. The zero-order valence-electron chi connectivity index (χ0n) is 12.1. The van der Waals surface area contributed by atoms with E-state index >= 15 is 0 Å². The van der Waals surface area contributed by atoms with Crippen molar-refractivity contribution in [3.05, 3.63) is 29.8 Å². The Balaban J connectivity index is 2.35. The fourth-order valence-electron chi connectivity index (χ4n) is 1.85. The van der Waals surface area contributed by atoms with Crippen LogP contribution in [0.3, 0.4) is 0 Å². The fraction of sp³-hybridized carbons (Fsp3) is 0.533. The monoisotopic (exact) mass is 281 g/mol. The van der Waals surface area contributed by atoms with Gasteiger partial charge in [-0.3, -0.25) is 0 Å². The van der Waals surface area contributed by atoms with Gasteiger partial charge in [-0.2, -0.15) is 0 Å². The third-order valence-electron chi connectivity index (χ3n) is 3.47. The molecule has 0 saturated carbocycles. The standard InChI is InChI=1S/C15H23NO4/c1-3-15(2,8-10-17)16-9-11-20-13-6-4-12(5-7-13)14(18)19/h4-7,16-17H,3,8-11H2,1-2H3,(H,18,19). The third kappa shape index (κ3) is 5.19. The Hall–Kier alpha value is -1.59. The molecule has 0 radical (unpaired) electrons. The summed E-state index contributed by atoms with van der Waals surface area (Å²) < 4.78 is 5.54. The second-order valence-corrected chi connectivity index (χ2v) is 4.99. The van der Waals surface area contributed by atoms with Gasteiger partial charge < -0.3 is 20.3 Å². The number of benzene rings is 1. The van der Waals surface area contributed by atoms with Gasteiger partial charge in [-0.05, 0) is 44.0 Å². The molecule has 1 aromatic rings. The molecule has 1 atom stereocenters. The maximum atomic E-state index is 10.7. The van der Waals surface area contributed by atoms with Crippen LogP contribution in [0.25, 0.3) is 0 Å². The van der Waals surface area contributed by atoms with Crippen LogP contribution in [-0.4, -0.2) is 41.5 Å². The van der Waals surface area contributed by atoms with Crippen molar-refractivity contribution in [2.75, 3.05) is 19.8 Å². The molecule has 0 aliphatic heterocycles. The number of aliphatic hydroxyl groups excluding tert-OH is 1. The summed E-state index contributed by atoms with van der Waals surface area (Å²) in [5.74, 6) is -0.293. The zero-order chi connectivity index (χ0) is 15.0. The van der Waals surface area contributed by atoms with E-state index < -0.39 is 5.97 Å². The highest BCUT2D eigenvalue weighted by Gasteiger charge is 2.19. The maximum Gasteiger partial charge on any atom is 0.335 e. The normalized spacial score (nSPS) is 13.8. The van der Waals surface area contributed by atoms with Gasteiger partial charge in [0, 0.05) is 18.7 Å². The average molecular weight is 281 g/mol. The van der Waals surface area contributed by atoms with Crippen LogP contribution in [0.15, 0.2) is 24.3 Å². The highest BCUT2D eigenvalue weighted by molar-refractivity contribution is 5.87. The van der Waals surface area contributed by atoms with Crippen LogP contribution >= 0.6 is 0 Å². The molecule has 0 fully saturated rings. The van der Waals surface area contributed by atoms with E-state index in [4.69, 9.17) is 14.9 Å². The first-order valence-electron chi connectivity index (χ1n) is 6.83. The lowest BCUT2D eigenvalue weighted by molar-refractivity contribution is 0.0697. The molecule has 0 heterocycles. The second-order valence-electron chi connectivity index (χ2n) is 4.99. The van der Waals surface area contributed by atoms with E-state index in [0.717, 1.165) is 6.42 Å². The van der Waals surface area contributed by atoms with Crippen LogP contribution in [0, 0.1) is 0 Å². The first-order valence-corrected chi connectivity index (χ1v) is 6.83. The van der Waals surface area contributed by atoms with Gasteiger partial charge in [0.25, 0.3) is 0 Å². The largest absolute Gasteiger partial charge is 0.492 e. The molecule has 0 aliphatic carbocycles. The molecule has 0 amide bonds. The van der Waals surface area contributed by atoms with Crippen molar-refractivity contribution in [3.63, 3.8) is 0 Å². The van der Waals surface area contributed by atoms with Crippen LogP contribution in [-0.2, 0) is 0 Å². The number of hydrogen-bond donors (Lipinski definition) is 3. The summed E-state index contributed by atoms with van der Waals surface area (Å²) in [6, 6.07) is 6.34. The van der Waals surface area contributed by atoms with Gasteiger partial charge in [0.15, 0.2) is 0 Å². The number of aromatic carboxylic acids is 1. The number of rotatable bonds is 9. The molecule has 112 valence electrons. The van der Waals surface area contributed by atoms with Crippen molar-refractivity contribution in [1.29, 1.82) is 0 Å². The zero-order valence-corrected chi connectivity index (χ0v) is 12.1. The molecule has 0 bridgehead atoms. The second kappa shape index (κ2) is 7.87. The molecular formula is C15H23NO4. The van der Waals surface area contributed by atoms with Gasteiger partial charge in [0.2, 0.25) is 0 Å². The Morgan fingerprint density at radius 2 is 2.00 bits per heavy atom. The molecule has 5 nitrogen and oxygen atoms in total. The molecule has 3 N–H and O–H groups in total. The lowest BCUT2D eigenvalue weighted by Gasteiger charge is -2.29. The van der Waals surface area contributed by atoms with Crippen LogP contribution in [0.2, 0.25) is 0 Å². The van der Waals surface area contributed by atoms with Gasteiger partial charge in [-0.15, -0.1) is 0 Å². The molecule has 0 spiro atoms. The van der Waals surface area contributed by atoms with Gasteiger partial charge in [-0.25, -0.2) is 4.79 Å². The predicted molar refractivity (Wildman–Crippen MR) is 77.3 cm³/mol. The van der Waals surface area contributed by atoms with Crippen molar-refractivity contribution >= 4 is 5.97 Å². The van der Waals surface area contributed by atoms with Gasteiger partial charge in [0.05, 0.1) is 5.56 Å². The van der Waals surface area contributed by atoms with E-state index in [0.29, 0.717) is 25.3 Å². The smallest absolute Gasteiger partial charge is 0.335 e. The molecule has 1 rings (SSSR count). The van der Waals surface area contributed by atoms with Crippen molar-refractivity contribution in [2.24, 2.45) is 0 Å². The fourth-order valence-corrected chi connectivity index (χ4v) is 1.85. The summed E-state index contributed by atoms with van der Waals surface area (Å²) >= 11 is 0. The topological polar surface area (TPSA) is 78.8 Å². The Labute approximate surface area is 119 Å². The Morgan fingerprint density at radius 1 is 1.35 bits per heavy atom. The summed E-state index contributed by atoms with van der Waals surface area (Å²) in [6.07, 6.45) is 1.64. The molecule has 1 aromatic carbocycles. The van der Waals surface area contributed by atoms with E-state index in [9.17, 15) is 4.79 Å². The van der Waals surface area contributed by atoms with Gasteiger partial charge >= 0.3 is 5.97 Å². The molecule has 0 aliphatic rings. The number of carboxylic acids is 1. The van der Waals surface area contributed by atoms with Crippen molar-refractivity contribution in [3.8, 4) is 5.75 Å². The highest BCUT2D eigenvalue weighted by atomic mass is 16.5. The number of nitrogens with one attached hydrogen (secondary N) is 1. The summed E-state index contributed by atoms with van der Waals surface area (Å²) in [7, 11) is 0. The van der Waals surface area contributed by atoms with E-state index in [2.05, 4.69) is 19.2 Å². The number of carboxylic acid groups (broad SMARTS) is 1. The Morgan fingerprint density at radius 3 is 2.50 bits per heavy atom. The van der Waals surface area contributed by atoms with E-state index in [1.807, 2.05) is 0 Å². The van der Waals surface area contributed by atoms with E-state index in [1.165, 1.54) is 12.1 Å². The first kappa shape index (κ1) is 16.5. The number of hydrogen-bond acceptors (Lipinski definition) is 4. The van der Waals surface area contributed by atoms with Crippen LogP contribution in [0.1, 0.15) is 37.0 Å². The summed E-state index contributed by atoms with van der Waals surface area (Å²) in [4.78, 5) is 10.7. The molecule has 5 heteroatoms.